The number of aryl methyl sites for hydroxylation is 2. The Morgan fingerprint density at radius 1 is 1.07 bits per heavy atom. The Kier molecular flexibility index (Phi) is 4.39. The zero-order valence-electron chi connectivity index (χ0n) is 16.4. The Hall–Kier alpha value is -3.41. The van der Waals surface area contributed by atoms with Gasteiger partial charge in [-0.25, -0.2) is 9.67 Å². The van der Waals surface area contributed by atoms with E-state index in [1.807, 2.05) is 49.4 Å². The van der Waals surface area contributed by atoms with Gasteiger partial charge in [-0.1, -0.05) is 24.6 Å². The highest BCUT2D eigenvalue weighted by Gasteiger charge is 2.17. The number of hydrogen-bond acceptors (Lipinski definition) is 3. The molecule has 0 bridgehead atoms. The van der Waals surface area contributed by atoms with Crippen LogP contribution >= 0.6 is 0 Å². The quantitative estimate of drug-likeness (QED) is 0.564. The number of aromatic nitrogens is 4. The van der Waals surface area contributed by atoms with Crippen LogP contribution < -0.4 is 5.32 Å². The van der Waals surface area contributed by atoms with Gasteiger partial charge in [0, 0.05) is 18.7 Å². The summed E-state index contributed by atoms with van der Waals surface area (Å²) >= 11 is 0. The summed E-state index contributed by atoms with van der Waals surface area (Å²) in [6.07, 6.45) is 6.29. The maximum absolute atomic E-state index is 12.9. The summed E-state index contributed by atoms with van der Waals surface area (Å²) in [7, 11) is 0. The third-order valence-electron chi connectivity index (χ3n) is 5.62. The summed E-state index contributed by atoms with van der Waals surface area (Å²) in [6.45, 7) is 2.93. The number of fused-ring (bicyclic) bond motifs is 3. The molecule has 0 unspecified atom stereocenters. The van der Waals surface area contributed by atoms with Crippen LogP contribution in [0.3, 0.4) is 0 Å². The summed E-state index contributed by atoms with van der Waals surface area (Å²) in [6, 6.07) is 15.8. The molecule has 0 saturated carbocycles. The number of carbonyl (C=O) groups excluding carboxylic acids is 1. The van der Waals surface area contributed by atoms with Crippen LogP contribution in [-0.4, -0.2) is 25.2 Å². The van der Waals surface area contributed by atoms with E-state index in [-0.39, 0.29) is 5.91 Å². The molecule has 1 amide bonds. The predicted molar refractivity (Wildman–Crippen MR) is 114 cm³/mol. The lowest BCUT2D eigenvalue weighted by Gasteiger charge is -2.07. The molecule has 2 aromatic heterocycles. The Morgan fingerprint density at radius 3 is 2.79 bits per heavy atom. The average Bonchev–Trinajstić information content (AvgIpc) is 3.20. The van der Waals surface area contributed by atoms with E-state index in [4.69, 9.17) is 4.98 Å². The van der Waals surface area contributed by atoms with Crippen LogP contribution in [-0.2, 0) is 13.0 Å². The van der Waals surface area contributed by atoms with Crippen LogP contribution in [0.4, 0.5) is 5.69 Å². The van der Waals surface area contributed by atoms with Crippen molar-refractivity contribution in [2.75, 3.05) is 5.32 Å². The molecule has 1 N–H and O–H groups in total. The van der Waals surface area contributed by atoms with Gasteiger partial charge in [0.25, 0.3) is 5.91 Å². The van der Waals surface area contributed by atoms with Gasteiger partial charge in [-0.05, 0) is 50.1 Å². The molecule has 2 aromatic carbocycles. The fraction of sp³-hybridized carbons (Fsp3) is 0.261. The van der Waals surface area contributed by atoms with Crippen LogP contribution in [0.1, 0.15) is 41.1 Å². The second-order valence-electron chi connectivity index (χ2n) is 7.54. The third kappa shape index (κ3) is 3.20. The normalized spacial score (nSPS) is 13.8. The van der Waals surface area contributed by atoms with E-state index in [9.17, 15) is 4.79 Å². The molecule has 0 spiro atoms. The number of anilines is 1. The summed E-state index contributed by atoms with van der Waals surface area (Å²) < 4.78 is 4.10. The molecular formula is C23H23N5O. The molecule has 146 valence electrons. The highest BCUT2D eigenvalue weighted by atomic mass is 16.1. The first-order valence-electron chi connectivity index (χ1n) is 10.1. The first kappa shape index (κ1) is 17.7. The molecule has 29 heavy (non-hydrogen) atoms. The number of imidazole rings is 1. The number of amides is 1. The Labute approximate surface area is 169 Å². The molecule has 4 aromatic rings. The summed E-state index contributed by atoms with van der Waals surface area (Å²) in [5.74, 6) is 0.991. The minimum atomic E-state index is -0.162. The standard InChI is InChI=1S/C23H23N5O/c1-16-19(15-24-28(16)18-8-4-2-5-9-18)23(29)25-17-11-12-21-20(14-17)26-22-10-6-3-7-13-27(21)22/h2,4-5,8-9,11-12,14-15H,3,6-7,10,13H2,1H3,(H,25,29). The van der Waals surface area contributed by atoms with E-state index in [1.54, 1.807) is 10.9 Å². The first-order valence-corrected chi connectivity index (χ1v) is 10.1. The monoisotopic (exact) mass is 385 g/mol. The Morgan fingerprint density at radius 2 is 1.93 bits per heavy atom. The van der Waals surface area contributed by atoms with E-state index in [2.05, 4.69) is 21.0 Å². The number of rotatable bonds is 3. The first-order chi connectivity index (χ1) is 14.2. The summed E-state index contributed by atoms with van der Waals surface area (Å²) in [5, 5.41) is 7.40. The molecule has 0 fully saturated rings. The van der Waals surface area contributed by atoms with E-state index < -0.39 is 0 Å². The molecule has 0 aliphatic carbocycles. The largest absolute Gasteiger partial charge is 0.328 e. The van der Waals surface area contributed by atoms with Crippen molar-refractivity contribution in [2.24, 2.45) is 0 Å². The molecule has 0 saturated heterocycles. The number of hydrogen-bond donors (Lipinski definition) is 1. The minimum absolute atomic E-state index is 0.162. The Balaban J connectivity index is 1.41. The van der Waals surface area contributed by atoms with Crippen LogP contribution in [0.5, 0.6) is 0 Å². The fourth-order valence-corrected chi connectivity index (χ4v) is 4.09. The van der Waals surface area contributed by atoms with Crippen molar-refractivity contribution in [1.82, 2.24) is 19.3 Å². The van der Waals surface area contributed by atoms with E-state index in [0.29, 0.717) is 5.56 Å². The topological polar surface area (TPSA) is 64.7 Å². The average molecular weight is 385 g/mol. The highest BCUT2D eigenvalue weighted by molar-refractivity contribution is 6.05. The van der Waals surface area contributed by atoms with Gasteiger partial charge < -0.3 is 9.88 Å². The molecule has 0 radical (unpaired) electrons. The summed E-state index contributed by atoms with van der Waals surface area (Å²) in [5.41, 5.74) is 5.15. The van der Waals surface area contributed by atoms with Crippen molar-refractivity contribution in [2.45, 2.75) is 39.2 Å². The van der Waals surface area contributed by atoms with Crippen LogP contribution in [0.2, 0.25) is 0 Å². The molecular weight excluding hydrogens is 362 g/mol. The third-order valence-corrected chi connectivity index (χ3v) is 5.62. The Bertz CT molecular complexity index is 1190. The van der Waals surface area contributed by atoms with Gasteiger partial charge in [0.2, 0.25) is 0 Å². The van der Waals surface area contributed by atoms with Crippen molar-refractivity contribution in [3.8, 4) is 5.69 Å². The lowest BCUT2D eigenvalue weighted by molar-refractivity contribution is 0.102. The van der Waals surface area contributed by atoms with Gasteiger partial charge in [0.1, 0.15) is 5.82 Å². The maximum atomic E-state index is 12.9. The molecule has 3 heterocycles. The highest BCUT2D eigenvalue weighted by Crippen LogP contribution is 2.25. The molecule has 6 heteroatoms. The molecule has 1 aliphatic heterocycles. The molecule has 0 atom stereocenters. The summed E-state index contributed by atoms with van der Waals surface area (Å²) in [4.78, 5) is 17.7. The second-order valence-corrected chi connectivity index (χ2v) is 7.54. The molecule has 6 nitrogen and oxygen atoms in total. The van der Waals surface area contributed by atoms with Gasteiger partial charge in [-0.2, -0.15) is 5.10 Å². The fourth-order valence-electron chi connectivity index (χ4n) is 4.09. The van der Waals surface area contributed by atoms with E-state index >= 15 is 0 Å². The van der Waals surface area contributed by atoms with Crippen molar-refractivity contribution < 1.29 is 4.79 Å². The van der Waals surface area contributed by atoms with Gasteiger partial charge in [-0.3, -0.25) is 4.79 Å². The minimum Gasteiger partial charge on any atom is -0.328 e. The van der Waals surface area contributed by atoms with Crippen molar-refractivity contribution in [3.05, 3.63) is 71.8 Å². The number of benzene rings is 2. The lowest BCUT2D eigenvalue weighted by Crippen LogP contribution is -2.13. The zero-order valence-corrected chi connectivity index (χ0v) is 16.4. The number of nitrogens with one attached hydrogen (secondary N) is 1. The van der Waals surface area contributed by atoms with Gasteiger partial charge in [0.05, 0.1) is 34.2 Å². The number of carbonyl (C=O) groups is 1. The van der Waals surface area contributed by atoms with Crippen LogP contribution in [0, 0.1) is 6.92 Å². The number of nitrogens with zero attached hydrogens (tertiary/aromatic N) is 4. The van der Waals surface area contributed by atoms with Gasteiger partial charge in [0.15, 0.2) is 0 Å². The van der Waals surface area contributed by atoms with Crippen molar-refractivity contribution >= 4 is 22.6 Å². The van der Waals surface area contributed by atoms with Crippen molar-refractivity contribution in [3.63, 3.8) is 0 Å². The molecule has 1 aliphatic rings. The number of para-hydroxylation sites is 1. The van der Waals surface area contributed by atoms with Crippen molar-refractivity contribution in [1.29, 1.82) is 0 Å². The van der Waals surface area contributed by atoms with E-state index in [1.165, 1.54) is 19.3 Å². The van der Waals surface area contributed by atoms with E-state index in [0.717, 1.165) is 46.9 Å². The lowest BCUT2D eigenvalue weighted by atomic mass is 10.2. The van der Waals surface area contributed by atoms with Gasteiger partial charge >= 0.3 is 0 Å². The zero-order chi connectivity index (χ0) is 19.8. The maximum Gasteiger partial charge on any atom is 0.259 e. The molecule has 5 rings (SSSR count). The van der Waals surface area contributed by atoms with Crippen LogP contribution in [0.25, 0.3) is 16.7 Å². The smallest absolute Gasteiger partial charge is 0.259 e. The SMILES string of the molecule is Cc1c(C(=O)Nc2ccc3c(c2)nc2n3CCCCC2)cnn1-c1ccccc1. The van der Waals surface area contributed by atoms with Gasteiger partial charge in [-0.15, -0.1) is 0 Å². The predicted octanol–water partition coefficient (Wildman–Crippen LogP) is 4.51. The van der Waals surface area contributed by atoms with Crippen LogP contribution in [0.15, 0.2) is 54.7 Å². The second kappa shape index (κ2) is 7.20.